The largest absolute Gasteiger partial charge is 0.380 e. The third kappa shape index (κ3) is 6.50. The number of hydrogen-bond donors (Lipinski definition) is 0. The second-order valence-corrected chi connectivity index (χ2v) is 4.04. The number of amides is 1. The number of rotatable bonds is 8. The Hall–Kier alpha value is -0.570. The van der Waals surface area contributed by atoms with Crippen molar-refractivity contribution in [1.29, 1.82) is 0 Å². The minimum Gasteiger partial charge on any atom is -0.380 e. The lowest BCUT2D eigenvalue weighted by Crippen LogP contribution is -2.34. The van der Waals surface area contributed by atoms with E-state index in [9.17, 15) is 4.79 Å². The summed E-state index contributed by atoms with van der Waals surface area (Å²) >= 11 is 0. The first-order chi connectivity index (χ1) is 7.13. The molecular weight excluding hydrogens is 190 g/mol. The second kappa shape index (κ2) is 8.72. The smallest absolute Gasteiger partial charge is 0.225 e. The first-order valence-corrected chi connectivity index (χ1v) is 5.96. The molecule has 0 aromatic rings. The highest BCUT2D eigenvalue weighted by Gasteiger charge is 2.14. The summed E-state index contributed by atoms with van der Waals surface area (Å²) in [7, 11) is 1.84. The summed E-state index contributed by atoms with van der Waals surface area (Å²) in [5, 5.41) is 0. The van der Waals surface area contributed by atoms with Crippen LogP contribution >= 0.6 is 0 Å². The summed E-state index contributed by atoms with van der Waals surface area (Å²) in [6.45, 7) is 8.31. The molecule has 0 rings (SSSR count). The normalized spacial score (nSPS) is 12.5. The lowest BCUT2D eigenvalue weighted by molar-refractivity contribution is -0.134. The van der Waals surface area contributed by atoms with E-state index in [1.165, 1.54) is 0 Å². The lowest BCUT2D eigenvalue weighted by atomic mass is 10.1. The number of unbranched alkanes of at least 4 members (excludes halogenated alkanes) is 1. The number of ether oxygens (including phenoxy) is 1. The van der Waals surface area contributed by atoms with Crippen molar-refractivity contribution in [2.75, 3.05) is 26.8 Å². The molecule has 0 saturated heterocycles. The highest BCUT2D eigenvalue weighted by Crippen LogP contribution is 2.04. The van der Waals surface area contributed by atoms with Gasteiger partial charge in [0.1, 0.15) is 0 Å². The van der Waals surface area contributed by atoms with E-state index in [0.717, 1.165) is 25.9 Å². The molecule has 1 atom stereocenters. The van der Waals surface area contributed by atoms with Gasteiger partial charge in [-0.2, -0.15) is 0 Å². The molecule has 15 heavy (non-hydrogen) atoms. The number of likely N-dealkylation sites (N-methyl/N-ethyl adjacent to an activating group) is 1. The predicted molar refractivity (Wildman–Crippen MR) is 62.8 cm³/mol. The minimum atomic E-state index is 0.130. The van der Waals surface area contributed by atoms with Gasteiger partial charge in [0.15, 0.2) is 0 Å². The van der Waals surface area contributed by atoms with Crippen LogP contribution in [0.3, 0.4) is 0 Å². The molecule has 90 valence electrons. The molecule has 0 spiro atoms. The average molecular weight is 215 g/mol. The molecule has 0 aromatic carbocycles. The predicted octanol–water partition coefficient (Wildman–Crippen LogP) is 2.31. The highest BCUT2D eigenvalue weighted by atomic mass is 16.5. The molecule has 0 aliphatic rings. The van der Waals surface area contributed by atoms with E-state index in [1.54, 1.807) is 4.90 Å². The van der Waals surface area contributed by atoms with Gasteiger partial charge in [-0.3, -0.25) is 4.79 Å². The first-order valence-electron chi connectivity index (χ1n) is 5.96. The van der Waals surface area contributed by atoms with Crippen molar-refractivity contribution in [1.82, 2.24) is 4.90 Å². The fourth-order valence-electron chi connectivity index (χ4n) is 1.21. The van der Waals surface area contributed by atoms with Crippen LogP contribution < -0.4 is 0 Å². The van der Waals surface area contributed by atoms with E-state index >= 15 is 0 Å². The third-order valence-electron chi connectivity index (χ3n) is 2.62. The van der Waals surface area contributed by atoms with E-state index in [0.29, 0.717) is 13.2 Å². The number of nitrogens with zero attached hydrogens (tertiary/aromatic N) is 1. The molecule has 0 aliphatic heterocycles. The molecule has 0 radical (unpaired) electrons. The summed E-state index contributed by atoms with van der Waals surface area (Å²) in [5.74, 6) is 0.349. The molecular formula is C12H25NO2. The fraction of sp³-hybridized carbons (Fsp3) is 0.917. The molecule has 0 saturated carbocycles. The Morgan fingerprint density at radius 3 is 2.53 bits per heavy atom. The van der Waals surface area contributed by atoms with Gasteiger partial charge in [0.05, 0.1) is 6.61 Å². The topological polar surface area (TPSA) is 29.5 Å². The summed E-state index contributed by atoms with van der Waals surface area (Å²) in [6.07, 6.45) is 3.16. The lowest BCUT2D eigenvalue weighted by Gasteiger charge is -2.20. The molecule has 3 heteroatoms. The van der Waals surface area contributed by atoms with Gasteiger partial charge < -0.3 is 9.64 Å². The molecule has 0 fully saturated rings. The van der Waals surface area contributed by atoms with Crippen LogP contribution in [0.1, 0.15) is 40.0 Å². The van der Waals surface area contributed by atoms with Crippen molar-refractivity contribution in [3.8, 4) is 0 Å². The van der Waals surface area contributed by atoms with Crippen LogP contribution in [0.4, 0.5) is 0 Å². The second-order valence-electron chi connectivity index (χ2n) is 4.04. The van der Waals surface area contributed by atoms with Gasteiger partial charge in [0.2, 0.25) is 5.91 Å². The van der Waals surface area contributed by atoms with Crippen LogP contribution in [0.2, 0.25) is 0 Å². The average Bonchev–Trinajstić information content (AvgIpc) is 2.26. The van der Waals surface area contributed by atoms with Gasteiger partial charge in [-0.05, 0) is 12.8 Å². The zero-order chi connectivity index (χ0) is 11.7. The number of carbonyl (C=O) groups is 1. The van der Waals surface area contributed by atoms with E-state index in [-0.39, 0.29) is 11.8 Å². The van der Waals surface area contributed by atoms with Crippen LogP contribution in [0, 0.1) is 5.92 Å². The maximum Gasteiger partial charge on any atom is 0.225 e. The van der Waals surface area contributed by atoms with Crippen molar-refractivity contribution in [2.24, 2.45) is 5.92 Å². The molecule has 0 bridgehead atoms. The van der Waals surface area contributed by atoms with Gasteiger partial charge >= 0.3 is 0 Å². The molecule has 1 unspecified atom stereocenters. The van der Waals surface area contributed by atoms with Crippen molar-refractivity contribution >= 4 is 5.91 Å². The zero-order valence-electron chi connectivity index (χ0n) is 10.6. The highest BCUT2D eigenvalue weighted by molar-refractivity contribution is 5.78. The van der Waals surface area contributed by atoms with Crippen molar-refractivity contribution in [3.05, 3.63) is 0 Å². The standard InChI is InChI=1S/C12H25NO2/c1-5-7-9-15-10-8-13(4)12(14)11(3)6-2/h11H,5-10H2,1-4H3. The fourth-order valence-corrected chi connectivity index (χ4v) is 1.21. The quantitative estimate of drug-likeness (QED) is 0.581. The molecule has 0 N–H and O–H groups in total. The van der Waals surface area contributed by atoms with E-state index in [4.69, 9.17) is 4.74 Å². The Balaban J connectivity index is 3.55. The first kappa shape index (κ1) is 14.4. The van der Waals surface area contributed by atoms with E-state index in [1.807, 2.05) is 20.9 Å². The van der Waals surface area contributed by atoms with Gasteiger partial charge in [0.25, 0.3) is 0 Å². The summed E-state index contributed by atoms with van der Waals surface area (Å²) < 4.78 is 5.41. The zero-order valence-corrected chi connectivity index (χ0v) is 10.6. The Kier molecular flexibility index (Phi) is 8.38. The van der Waals surface area contributed by atoms with Crippen LogP contribution in [0.25, 0.3) is 0 Å². The molecule has 3 nitrogen and oxygen atoms in total. The minimum absolute atomic E-state index is 0.130. The van der Waals surface area contributed by atoms with Gasteiger partial charge in [-0.15, -0.1) is 0 Å². The number of hydrogen-bond acceptors (Lipinski definition) is 2. The summed E-state index contributed by atoms with van der Waals surface area (Å²) in [6, 6.07) is 0. The molecule has 0 aromatic heterocycles. The van der Waals surface area contributed by atoms with Crippen LogP contribution in [-0.2, 0) is 9.53 Å². The van der Waals surface area contributed by atoms with E-state index in [2.05, 4.69) is 6.92 Å². The van der Waals surface area contributed by atoms with Crippen LogP contribution in [0.5, 0.6) is 0 Å². The Bertz CT molecular complexity index is 171. The van der Waals surface area contributed by atoms with Crippen LogP contribution in [-0.4, -0.2) is 37.6 Å². The Morgan fingerprint density at radius 2 is 2.00 bits per heavy atom. The molecule has 0 heterocycles. The van der Waals surface area contributed by atoms with Gasteiger partial charge in [0, 0.05) is 26.1 Å². The van der Waals surface area contributed by atoms with E-state index < -0.39 is 0 Å². The SMILES string of the molecule is CCCCOCCN(C)C(=O)C(C)CC. The monoisotopic (exact) mass is 215 g/mol. The Morgan fingerprint density at radius 1 is 1.33 bits per heavy atom. The third-order valence-corrected chi connectivity index (χ3v) is 2.62. The maximum absolute atomic E-state index is 11.7. The Labute approximate surface area is 93.8 Å². The van der Waals surface area contributed by atoms with Crippen molar-refractivity contribution < 1.29 is 9.53 Å². The molecule has 0 aliphatic carbocycles. The maximum atomic E-state index is 11.7. The van der Waals surface area contributed by atoms with Crippen molar-refractivity contribution in [3.63, 3.8) is 0 Å². The van der Waals surface area contributed by atoms with Crippen LogP contribution in [0.15, 0.2) is 0 Å². The van der Waals surface area contributed by atoms with Gasteiger partial charge in [-0.25, -0.2) is 0 Å². The number of carbonyl (C=O) groups excluding carboxylic acids is 1. The molecule has 1 amide bonds. The summed E-state index contributed by atoms with van der Waals surface area (Å²) in [5.41, 5.74) is 0. The van der Waals surface area contributed by atoms with Crippen molar-refractivity contribution in [2.45, 2.75) is 40.0 Å². The summed E-state index contributed by atoms with van der Waals surface area (Å²) in [4.78, 5) is 13.4. The van der Waals surface area contributed by atoms with Gasteiger partial charge in [-0.1, -0.05) is 27.2 Å².